The zero-order chi connectivity index (χ0) is 18.1. The van der Waals surface area contributed by atoms with E-state index >= 15 is 0 Å². The molecule has 3 rings (SSSR count). The molecule has 1 N–H and O–H groups in total. The summed E-state index contributed by atoms with van der Waals surface area (Å²) >= 11 is 0. The second-order valence-corrected chi connectivity index (χ2v) is 6.16. The van der Waals surface area contributed by atoms with E-state index in [4.69, 9.17) is 0 Å². The fourth-order valence-electron chi connectivity index (χ4n) is 2.79. The maximum Gasteiger partial charge on any atom is 0.341 e. The second-order valence-electron chi connectivity index (χ2n) is 6.16. The second kappa shape index (κ2) is 6.67. The molecule has 4 nitrogen and oxygen atoms in total. The highest BCUT2D eigenvalue weighted by atomic mass is 19.2. The third-order valence-corrected chi connectivity index (χ3v) is 4.25. The molecule has 2 aromatic rings. The largest absolute Gasteiger partial charge is 0.477 e. The summed E-state index contributed by atoms with van der Waals surface area (Å²) in [6.45, 7) is 2.00. The predicted molar refractivity (Wildman–Crippen MR) is 89.8 cm³/mol. The van der Waals surface area contributed by atoms with Crippen LogP contribution >= 0.6 is 0 Å². The molecule has 0 amide bonds. The summed E-state index contributed by atoms with van der Waals surface area (Å²) < 4.78 is 30.0. The van der Waals surface area contributed by atoms with Gasteiger partial charge in [0.1, 0.15) is 5.56 Å². The van der Waals surface area contributed by atoms with Crippen LogP contribution in [0.15, 0.2) is 17.1 Å². The number of aromatic nitrogens is 1. The lowest BCUT2D eigenvalue weighted by Crippen LogP contribution is -2.20. The van der Waals surface area contributed by atoms with Crippen LogP contribution < -0.4 is 5.43 Å². The Labute approximate surface area is 143 Å². The quantitative estimate of drug-likeness (QED) is 0.676. The van der Waals surface area contributed by atoms with Crippen LogP contribution in [0.1, 0.15) is 61.0 Å². The fourth-order valence-corrected chi connectivity index (χ4v) is 2.79. The molecule has 130 valence electrons. The van der Waals surface area contributed by atoms with Crippen molar-refractivity contribution in [3.8, 4) is 11.8 Å². The highest BCUT2D eigenvalue weighted by molar-refractivity contribution is 5.94. The van der Waals surface area contributed by atoms with Gasteiger partial charge in [0.2, 0.25) is 5.43 Å². The molecule has 1 aliphatic rings. The lowest BCUT2D eigenvalue weighted by Gasteiger charge is -2.14. The average molecular weight is 345 g/mol. The fraction of sp³-hybridized carbons (Fsp3) is 0.368. The van der Waals surface area contributed by atoms with Crippen LogP contribution in [0.3, 0.4) is 0 Å². The molecule has 1 aromatic heterocycles. The number of carboxylic acids is 1. The molecule has 1 aliphatic carbocycles. The first-order valence-electron chi connectivity index (χ1n) is 8.24. The SMILES string of the molecule is CCCCC#Cc1c(F)c(F)cc2c(=O)c(C(=O)O)cn(C3CC3)c12. The van der Waals surface area contributed by atoms with Crippen LogP contribution in [-0.4, -0.2) is 15.6 Å². The number of hydrogen-bond acceptors (Lipinski definition) is 2. The molecule has 0 bridgehead atoms. The number of halogens is 2. The lowest BCUT2D eigenvalue weighted by molar-refractivity contribution is 0.0695. The van der Waals surface area contributed by atoms with Gasteiger partial charge in [0.15, 0.2) is 11.6 Å². The Morgan fingerprint density at radius 1 is 1.40 bits per heavy atom. The van der Waals surface area contributed by atoms with E-state index < -0.39 is 28.6 Å². The number of rotatable bonds is 4. The monoisotopic (exact) mass is 345 g/mol. The van der Waals surface area contributed by atoms with E-state index in [2.05, 4.69) is 11.8 Å². The lowest BCUT2D eigenvalue weighted by atomic mass is 10.0. The van der Waals surface area contributed by atoms with Crippen LogP contribution in [0.25, 0.3) is 10.9 Å². The van der Waals surface area contributed by atoms with Crippen LogP contribution in [0.2, 0.25) is 0 Å². The van der Waals surface area contributed by atoms with Crippen molar-refractivity contribution in [1.82, 2.24) is 4.57 Å². The van der Waals surface area contributed by atoms with Gasteiger partial charge < -0.3 is 9.67 Å². The third kappa shape index (κ3) is 3.14. The molecule has 1 fully saturated rings. The van der Waals surface area contributed by atoms with Crippen molar-refractivity contribution in [2.75, 3.05) is 0 Å². The molecule has 1 saturated carbocycles. The predicted octanol–water partition coefficient (Wildman–Crippen LogP) is 3.85. The first kappa shape index (κ1) is 17.2. The van der Waals surface area contributed by atoms with Gasteiger partial charge in [-0.2, -0.15) is 0 Å². The number of carboxylic acid groups (broad SMARTS) is 1. The molecule has 0 atom stereocenters. The van der Waals surface area contributed by atoms with Crippen molar-refractivity contribution in [3.05, 3.63) is 45.2 Å². The first-order valence-corrected chi connectivity index (χ1v) is 8.24. The summed E-state index contributed by atoms with van der Waals surface area (Å²) in [5, 5.41) is 9.09. The Hall–Kier alpha value is -2.68. The van der Waals surface area contributed by atoms with Gasteiger partial charge >= 0.3 is 5.97 Å². The van der Waals surface area contributed by atoms with Gasteiger partial charge in [-0.3, -0.25) is 4.79 Å². The van der Waals surface area contributed by atoms with E-state index in [-0.39, 0.29) is 22.5 Å². The Balaban J connectivity index is 2.35. The van der Waals surface area contributed by atoms with Gasteiger partial charge in [-0.15, -0.1) is 0 Å². The van der Waals surface area contributed by atoms with Gasteiger partial charge in [0.05, 0.1) is 16.5 Å². The van der Waals surface area contributed by atoms with Gasteiger partial charge in [-0.1, -0.05) is 25.2 Å². The molecule has 0 saturated heterocycles. The molecular weight excluding hydrogens is 328 g/mol. The summed E-state index contributed by atoms with van der Waals surface area (Å²) in [5.74, 6) is 1.79. The normalized spacial score (nSPS) is 13.6. The number of aromatic carboxylic acids is 1. The molecule has 1 aromatic carbocycles. The highest BCUT2D eigenvalue weighted by Gasteiger charge is 2.29. The van der Waals surface area contributed by atoms with E-state index in [1.807, 2.05) is 6.92 Å². The van der Waals surface area contributed by atoms with E-state index in [1.165, 1.54) is 6.20 Å². The number of pyridine rings is 1. The zero-order valence-corrected chi connectivity index (χ0v) is 13.7. The Kier molecular flexibility index (Phi) is 4.58. The van der Waals surface area contributed by atoms with E-state index in [1.54, 1.807) is 4.57 Å². The molecule has 0 radical (unpaired) electrons. The van der Waals surface area contributed by atoms with Crippen molar-refractivity contribution in [1.29, 1.82) is 0 Å². The molecule has 0 aliphatic heterocycles. The summed E-state index contributed by atoms with van der Waals surface area (Å²) in [7, 11) is 0. The number of unbranched alkanes of at least 4 members (excludes halogenated alkanes) is 2. The minimum Gasteiger partial charge on any atom is -0.477 e. The van der Waals surface area contributed by atoms with Crippen molar-refractivity contribution in [3.63, 3.8) is 0 Å². The van der Waals surface area contributed by atoms with Crippen LogP contribution in [-0.2, 0) is 0 Å². The van der Waals surface area contributed by atoms with E-state index in [0.717, 1.165) is 31.7 Å². The standard InChI is InChI=1S/C19H17F2NO3/c1-2-3-4-5-6-12-16(21)15(20)9-13-17(12)22(11-7-8-11)10-14(18(13)23)19(24)25/h9-11H,2-4,7-8H2,1H3,(H,24,25). The first-order chi connectivity index (χ1) is 12.0. The molecule has 0 spiro atoms. The van der Waals surface area contributed by atoms with Gasteiger partial charge in [-0.05, 0) is 25.3 Å². The van der Waals surface area contributed by atoms with Crippen LogP contribution in [0.5, 0.6) is 0 Å². The van der Waals surface area contributed by atoms with Gasteiger partial charge in [-0.25, -0.2) is 13.6 Å². The van der Waals surface area contributed by atoms with E-state index in [0.29, 0.717) is 6.42 Å². The van der Waals surface area contributed by atoms with Crippen molar-refractivity contribution in [2.24, 2.45) is 0 Å². The number of fused-ring (bicyclic) bond motifs is 1. The molecular formula is C19H17F2NO3. The van der Waals surface area contributed by atoms with Gasteiger partial charge in [0.25, 0.3) is 0 Å². The number of benzene rings is 1. The summed E-state index contributed by atoms with van der Waals surface area (Å²) in [4.78, 5) is 23.8. The molecule has 1 heterocycles. The minimum atomic E-state index is -1.39. The number of nitrogens with zero attached hydrogens (tertiary/aromatic N) is 1. The summed E-state index contributed by atoms with van der Waals surface area (Å²) in [6, 6.07) is 0.748. The maximum absolute atomic E-state index is 14.4. The van der Waals surface area contributed by atoms with Crippen molar-refractivity contribution in [2.45, 2.75) is 45.1 Å². The van der Waals surface area contributed by atoms with Crippen molar-refractivity contribution >= 4 is 16.9 Å². The third-order valence-electron chi connectivity index (χ3n) is 4.25. The Morgan fingerprint density at radius 3 is 2.72 bits per heavy atom. The topological polar surface area (TPSA) is 59.3 Å². The minimum absolute atomic E-state index is 0.0257. The van der Waals surface area contributed by atoms with E-state index in [9.17, 15) is 23.5 Å². The smallest absolute Gasteiger partial charge is 0.341 e. The van der Waals surface area contributed by atoms with Gasteiger partial charge in [0, 0.05) is 18.7 Å². The molecule has 6 heteroatoms. The average Bonchev–Trinajstić information content (AvgIpc) is 3.40. The van der Waals surface area contributed by atoms with Crippen LogP contribution in [0, 0.1) is 23.5 Å². The molecule has 0 unspecified atom stereocenters. The zero-order valence-electron chi connectivity index (χ0n) is 13.7. The van der Waals surface area contributed by atoms with Crippen LogP contribution in [0.4, 0.5) is 8.78 Å². The number of carbonyl (C=O) groups is 1. The Bertz CT molecular complexity index is 978. The highest BCUT2D eigenvalue weighted by Crippen LogP contribution is 2.38. The summed E-state index contributed by atoms with van der Waals surface area (Å²) in [6.07, 6.45) is 5.10. The molecule has 25 heavy (non-hydrogen) atoms. The maximum atomic E-state index is 14.4. The summed E-state index contributed by atoms with van der Waals surface area (Å²) in [5.41, 5.74) is -1.27. The Morgan fingerprint density at radius 2 is 2.12 bits per heavy atom. The number of hydrogen-bond donors (Lipinski definition) is 1. The van der Waals surface area contributed by atoms with Crippen molar-refractivity contribution < 1.29 is 18.7 Å².